The minimum atomic E-state index is -0.705. The lowest BCUT2D eigenvalue weighted by Crippen LogP contribution is -2.15. The first-order valence-corrected chi connectivity index (χ1v) is 5.55. The fraction of sp³-hybridized carbons (Fsp3) is 0.500. The van der Waals surface area contributed by atoms with Gasteiger partial charge in [0.25, 0.3) is 0 Å². The molecule has 0 atom stereocenters. The minimum Gasteiger partial charge on any atom is -0.395 e. The van der Waals surface area contributed by atoms with E-state index in [2.05, 4.69) is 12.2 Å². The Labute approximate surface area is 93.8 Å². The molecule has 4 heteroatoms. The lowest BCUT2D eigenvalue weighted by atomic mass is 10.0. The van der Waals surface area contributed by atoms with E-state index in [0.29, 0.717) is 11.1 Å². The summed E-state index contributed by atoms with van der Waals surface area (Å²) in [6.45, 7) is 2.86. The zero-order chi connectivity index (χ0) is 11.8. The molecule has 1 saturated carbocycles. The molecule has 3 N–H and O–H groups in total. The van der Waals surface area contributed by atoms with Crippen molar-refractivity contribution in [3.63, 3.8) is 0 Å². The van der Waals surface area contributed by atoms with Crippen LogP contribution in [0, 0.1) is 17.0 Å². The Morgan fingerprint density at radius 2 is 2.06 bits per heavy atom. The fourth-order valence-corrected chi connectivity index (χ4v) is 1.85. The maximum absolute atomic E-state index is 13.2. The smallest absolute Gasteiger partial charge is 0.151 e. The standard InChI is InChI=1S/C12H16F2N2/c1-2-12(3-4-12)7-16-10-6-8(13)5-9(14)11(10)15/h5-6,16H,2-4,7,15H2,1H3. The van der Waals surface area contributed by atoms with Crippen molar-refractivity contribution in [2.75, 3.05) is 17.6 Å². The number of nitrogens with one attached hydrogen (secondary N) is 1. The van der Waals surface area contributed by atoms with Gasteiger partial charge in [-0.2, -0.15) is 0 Å². The van der Waals surface area contributed by atoms with Crippen molar-refractivity contribution in [1.82, 2.24) is 0 Å². The number of nitrogen functional groups attached to an aromatic ring is 1. The highest BCUT2D eigenvalue weighted by Crippen LogP contribution is 2.48. The summed E-state index contributed by atoms with van der Waals surface area (Å²) in [6, 6.07) is 2.04. The molecule has 2 rings (SSSR count). The molecule has 0 aliphatic heterocycles. The zero-order valence-corrected chi connectivity index (χ0v) is 9.32. The van der Waals surface area contributed by atoms with Crippen LogP contribution in [0.1, 0.15) is 26.2 Å². The molecule has 0 unspecified atom stereocenters. The highest BCUT2D eigenvalue weighted by atomic mass is 19.1. The molecule has 0 radical (unpaired) electrons. The number of benzene rings is 1. The van der Waals surface area contributed by atoms with E-state index < -0.39 is 11.6 Å². The van der Waals surface area contributed by atoms with Gasteiger partial charge in [-0.1, -0.05) is 6.92 Å². The van der Waals surface area contributed by atoms with Crippen LogP contribution in [-0.4, -0.2) is 6.54 Å². The quantitative estimate of drug-likeness (QED) is 0.774. The second-order valence-electron chi connectivity index (χ2n) is 4.56. The first-order valence-electron chi connectivity index (χ1n) is 5.55. The van der Waals surface area contributed by atoms with Crippen LogP contribution in [0.4, 0.5) is 20.2 Å². The van der Waals surface area contributed by atoms with Gasteiger partial charge in [0.05, 0.1) is 11.4 Å². The van der Waals surface area contributed by atoms with E-state index in [4.69, 9.17) is 5.73 Å². The van der Waals surface area contributed by atoms with Crippen molar-refractivity contribution in [3.8, 4) is 0 Å². The van der Waals surface area contributed by atoms with E-state index in [9.17, 15) is 8.78 Å². The molecule has 88 valence electrons. The van der Waals surface area contributed by atoms with Crippen LogP contribution in [0.2, 0.25) is 0 Å². The van der Waals surface area contributed by atoms with E-state index >= 15 is 0 Å². The number of anilines is 2. The van der Waals surface area contributed by atoms with Gasteiger partial charge in [-0.15, -0.1) is 0 Å². The molecular weight excluding hydrogens is 210 g/mol. The molecule has 0 heterocycles. The minimum absolute atomic E-state index is 0.00620. The molecule has 0 saturated heterocycles. The van der Waals surface area contributed by atoms with Crippen molar-refractivity contribution >= 4 is 11.4 Å². The summed E-state index contributed by atoms with van der Waals surface area (Å²) in [4.78, 5) is 0. The van der Waals surface area contributed by atoms with Crippen molar-refractivity contribution in [3.05, 3.63) is 23.8 Å². The maximum Gasteiger partial charge on any atom is 0.151 e. The second kappa shape index (κ2) is 3.92. The Balaban J connectivity index is 2.09. The van der Waals surface area contributed by atoms with E-state index in [1.165, 1.54) is 18.9 Å². The third kappa shape index (κ3) is 2.10. The molecule has 2 nitrogen and oxygen atoms in total. The van der Waals surface area contributed by atoms with Gasteiger partial charge >= 0.3 is 0 Å². The van der Waals surface area contributed by atoms with Crippen molar-refractivity contribution in [2.45, 2.75) is 26.2 Å². The van der Waals surface area contributed by atoms with E-state index in [1.807, 2.05) is 0 Å². The summed E-state index contributed by atoms with van der Waals surface area (Å²) < 4.78 is 26.1. The number of hydrogen-bond donors (Lipinski definition) is 2. The zero-order valence-electron chi connectivity index (χ0n) is 9.32. The molecule has 1 aromatic rings. The van der Waals surface area contributed by atoms with Crippen LogP contribution < -0.4 is 11.1 Å². The summed E-state index contributed by atoms with van der Waals surface area (Å²) in [7, 11) is 0. The van der Waals surface area contributed by atoms with Gasteiger partial charge in [0.15, 0.2) is 5.82 Å². The summed E-state index contributed by atoms with van der Waals surface area (Å²) in [5, 5.41) is 3.04. The van der Waals surface area contributed by atoms with Gasteiger partial charge < -0.3 is 11.1 Å². The average Bonchev–Trinajstić information content (AvgIpc) is 3.02. The number of hydrogen-bond acceptors (Lipinski definition) is 2. The number of halogens is 2. The molecule has 0 bridgehead atoms. The highest BCUT2D eigenvalue weighted by molar-refractivity contribution is 5.66. The third-order valence-corrected chi connectivity index (χ3v) is 3.46. The number of rotatable bonds is 4. The molecule has 16 heavy (non-hydrogen) atoms. The second-order valence-corrected chi connectivity index (χ2v) is 4.56. The first kappa shape index (κ1) is 11.2. The van der Waals surface area contributed by atoms with Gasteiger partial charge in [0, 0.05) is 12.6 Å². The number of nitrogens with two attached hydrogens (primary N) is 1. The average molecular weight is 226 g/mol. The van der Waals surface area contributed by atoms with Crippen LogP contribution in [0.5, 0.6) is 0 Å². The van der Waals surface area contributed by atoms with E-state index in [-0.39, 0.29) is 5.69 Å². The van der Waals surface area contributed by atoms with Crippen LogP contribution in [-0.2, 0) is 0 Å². The fourth-order valence-electron chi connectivity index (χ4n) is 1.85. The van der Waals surface area contributed by atoms with E-state index in [0.717, 1.165) is 19.0 Å². The molecule has 0 aromatic heterocycles. The summed E-state index contributed by atoms with van der Waals surface area (Å²) >= 11 is 0. The third-order valence-electron chi connectivity index (χ3n) is 3.46. The predicted molar refractivity (Wildman–Crippen MR) is 61.2 cm³/mol. The summed E-state index contributed by atoms with van der Waals surface area (Å²) in [5.74, 6) is -1.31. The molecule has 1 aromatic carbocycles. The Bertz CT molecular complexity index is 400. The topological polar surface area (TPSA) is 38.0 Å². The van der Waals surface area contributed by atoms with E-state index in [1.54, 1.807) is 0 Å². The lowest BCUT2D eigenvalue weighted by molar-refractivity contribution is 0.520. The Hall–Kier alpha value is -1.32. The normalized spacial score (nSPS) is 17.2. The predicted octanol–water partition coefficient (Wildman–Crippen LogP) is 3.15. The van der Waals surface area contributed by atoms with Gasteiger partial charge in [-0.25, -0.2) is 8.78 Å². The van der Waals surface area contributed by atoms with Gasteiger partial charge in [-0.05, 0) is 30.7 Å². The van der Waals surface area contributed by atoms with Crippen molar-refractivity contribution in [1.29, 1.82) is 0 Å². The molecule has 1 fully saturated rings. The highest BCUT2D eigenvalue weighted by Gasteiger charge is 2.40. The largest absolute Gasteiger partial charge is 0.395 e. The lowest BCUT2D eigenvalue weighted by Gasteiger charge is -2.16. The Kier molecular flexibility index (Phi) is 2.74. The molecule has 0 spiro atoms. The molecule has 1 aliphatic rings. The van der Waals surface area contributed by atoms with Gasteiger partial charge in [0.2, 0.25) is 0 Å². The van der Waals surface area contributed by atoms with Crippen molar-refractivity contribution in [2.24, 2.45) is 5.41 Å². The monoisotopic (exact) mass is 226 g/mol. The maximum atomic E-state index is 13.2. The Morgan fingerprint density at radius 3 is 2.62 bits per heavy atom. The van der Waals surface area contributed by atoms with Crippen LogP contribution in [0.25, 0.3) is 0 Å². The molecular formula is C12H16F2N2. The van der Waals surface area contributed by atoms with Crippen LogP contribution in [0.3, 0.4) is 0 Å². The summed E-state index contributed by atoms with van der Waals surface area (Å²) in [6.07, 6.45) is 3.43. The SMILES string of the molecule is CCC1(CNc2cc(F)cc(F)c2N)CC1. The summed E-state index contributed by atoms with van der Waals surface area (Å²) in [5.41, 5.74) is 6.21. The first-order chi connectivity index (χ1) is 7.56. The molecule has 0 amide bonds. The molecule has 1 aliphatic carbocycles. The van der Waals surface area contributed by atoms with Crippen LogP contribution in [0.15, 0.2) is 12.1 Å². The van der Waals surface area contributed by atoms with Crippen LogP contribution >= 0.6 is 0 Å². The van der Waals surface area contributed by atoms with Gasteiger partial charge in [0.1, 0.15) is 5.82 Å². The van der Waals surface area contributed by atoms with Gasteiger partial charge in [-0.3, -0.25) is 0 Å². The Morgan fingerprint density at radius 1 is 1.38 bits per heavy atom. The van der Waals surface area contributed by atoms with Crippen molar-refractivity contribution < 1.29 is 8.78 Å².